The lowest BCUT2D eigenvalue weighted by molar-refractivity contribution is -0.147. The van der Waals surface area contributed by atoms with Gasteiger partial charge in [0.15, 0.2) is 6.04 Å². The van der Waals surface area contributed by atoms with Crippen LogP contribution in [-0.2, 0) is 14.3 Å². The quantitative estimate of drug-likeness (QED) is 0.542. The fourth-order valence-corrected chi connectivity index (χ4v) is 0.722. The van der Waals surface area contributed by atoms with Crippen LogP contribution in [0, 0.1) is 0 Å². The molecule has 0 aliphatic heterocycles. The molecule has 5 nitrogen and oxygen atoms in total. The Hall–Kier alpha value is -1.10. The van der Waals surface area contributed by atoms with Crippen molar-refractivity contribution in [2.75, 3.05) is 7.11 Å². The second kappa shape index (κ2) is 4.71. The smallest absolute Gasteiger partial charge is 0.331 e. The third-order valence-corrected chi connectivity index (χ3v) is 1.30. The van der Waals surface area contributed by atoms with Gasteiger partial charge in [0.05, 0.1) is 13.2 Å². The SMILES string of the molecule is COC(=O)[C@@H](NC(C)=O)[C@@H](C)O. The molecule has 0 aromatic carbocycles. The number of aliphatic hydroxyl groups is 1. The topological polar surface area (TPSA) is 75.6 Å². The summed E-state index contributed by atoms with van der Waals surface area (Å²) in [5, 5.41) is 11.3. The molecule has 12 heavy (non-hydrogen) atoms. The summed E-state index contributed by atoms with van der Waals surface area (Å²) in [6.45, 7) is 2.66. The summed E-state index contributed by atoms with van der Waals surface area (Å²) in [6.07, 6.45) is -0.957. The summed E-state index contributed by atoms with van der Waals surface area (Å²) in [6, 6.07) is -0.979. The fraction of sp³-hybridized carbons (Fsp3) is 0.714. The lowest BCUT2D eigenvalue weighted by atomic mass is 10.2. The highest BCUT2D eigenvalue weighted by atomic mass is 16.5. The number of ether oxygens (including phenoxy) is 1. The van der Waals surface area contributed by atoms with E-state index >= 15 is 0 Å². The van der Waals surface area contributed by atoms with Gasteiger partial charge >= 0.3 is 5.97 Å². The summed E-state index contributed by atoms with van der Waals surface area (Å²) in [7, 11) is 1.19. The van der Waals surface area contributed by atoms with Crippen LogP contribution in [-0.4, -0.2) is 36.2 Å². The van der Waals surface area contributed by atoms with Crippen LogP contribution in [0.3, 0.4) is 0 Å². The first kappa shape index (κ1) is 10.9. The molecule has 0 aromatic rings. The first-order valence-electron chi connectivity index (χ1n) is 3.52. The Balaban J connectivity index is 4.23. The average Bonchev–Trinajstić information content (AvgIpc) is 1.98. The van der Waals surface area contributed by atoms with E-state index in [1.807, 2.05) is 0 Å². The van der Waals surface area contributed by atoms with Crippen molar-refractivity contribution in [1.29, 1.82) is 0 Å². The van der Waals surface area contributed by atoms with Crippen molar-refractivity contribution in [1.82, 2.24) is 5.32 Å². The van der Waals surface area contributed by atoms with Gasteiger partial charge in [0.1, 0.15) is 0 Å². The van der Waals surface area contributed by atoms with E-state index in [4.69, 9.17) is 5.11 Å². The van der Waals surface area contributed by atoms with Crippen LogP contribution in [0.25, 0.3) is 0 Å². The van der Waals surface area contributed by atoms with Crippen molar-refractivity contribution < 1.29 is 19.4 Å². The van der Waals surface area contributed by atoms with Crippen molar-refractivity contribution in [2.45, 2.75) is 26.0 Å². The molecule has 0 heterocycles. The number of amides is 1. The summed E-state index contributed by atoms with van der Waals surface area (Å²) >= 11 is 0. The molecule has 0 radical (unpaired) electrons. The van der Waals surface area contributed by atoms with Crippen LogP contribution in [0.2, 0.25) is 0 Å². The average molecular weight is 175 g/mol. The number of aliphatic hydroxyl groups excluding tert-OH is 1. The molecule has 0 saturated heterocycles. The Morgan fingerprint density at radius 1 is 1.50 bits per heavy atom. The molecule has 70 valence electrons. The molecule has 0 aromatic heterocycles. The third-order valence-electron chi connectivity index (χ3n) is 1.30. The second-order valence-corrected chi connectivity index (χ2v) is 2.44. The maximum absolute atomic E-state index is 10.9. The number of hydrogen-bond donors (Lipinski definition) is 2. The molecular formula is C7H13NO4. The number of carbonyl (C=O) groups is 2. The lowest BCUT2D eigenvalue weighted by Gasteiger charge is -2.17. The van der Waals surface area contributed by atoms with Gasteiger partial charge in [-0.2, -0.15) is 0 Å². The number of esters is 1. The van der Waals surface area contributed by atoms with Gasteiger partial charge < -0.3 is 15.2 Å². The largest absolute Gasteiger partial charge is 0.467 e. The fourth-order valence-electron chi connectivity index (χ4n) is 0.722. The molecule has 1 amide bonds. The molecule has 0 unspecified atom stereocenters. The second-order valence-electron chi connectivity index (χ2n) is 2.44. The van der Waals surface area contributed by atoms with E-state index < -0.39 is 18.1 Å². The molecule has 2 N–H and O–H groups in total. The zero-order chi connectivity index (χ0) is 9.72. The van der Waals surface area contributed by atoms with Crippen molar-refractivity contribution in [3.8, 4) is 0 Å². The number of methoxy groups -OCH3 is 1. The summed E-state index contributed by atoms with van der Waals surface area (Å²) in [5.41, 5.74) is 0. The molecule has 0 fully saturated rings. The lowest BCUT2D eigenvalue weighted by Crippen LogP contribution is -2.47. The Bertz CT molecular complexity index is 178. The standard InChI is InChI=1S/C7H13NO4/c1-4(9)6(7(11)12-3)8-5(2)10/h4,6,9H,1-3H3,(H,8,10)/t4-,6+/m1/s1. The van der Waals surface area contributed by atoms with Gasteiger partial charge in [-0.05, 0) is 6.92 Å². The van der Waals surface area contributed by atoms with Gasteiger partial charge in [-0.1, -0.05) is 0 Å². The minimum Gasteiger partial charge on any atom is -0.467 e. The molecule has 0 rings (SSSR count). The molecule has 0 aliphatic rings. The van der Waals surface area contributed by atoms with Crippen LogP contribution >= 0.6 is 0 Å². The number of hydrogen-bond acceptors (Lipinski definition) is 4. The number of rotatable bonds is 3. The Morgan fingerprint density at radius 3 is 2.25 bits per heavy atom. The molecule has 0 saturated carbocycles. The predicted octanol–water partition coefficient (Wildman–Crippen LogP) is -0.955. The maximum atomic E-state index is 10.9. The van der Waals surface area contributed by atoms with E-state index in [9.17, 15) is 9.59 Å². The van der Waals surface area contributed by atoms with Crippen molar-refractivity contribution in [3.05, 3.63) is 0 Å². The third kappa shape index (κ3) is 3.34. The van der Waals surface area contributed by atoms with Gasteiger partial charge in [0.25, 0.3) is 0 Å². The van der Waals surface area contributed by atoms with Crippen LogP contribution in [0.5, 0.6) is 0 Å². The van der Waals surface area contributed by atoms with E-state index in [1.54, 1.807) is 0 Å². The summed E-state index contributed by atoms with van der Waals surface area (Å²) < 4.78 is 4.36. The van der Waals surface area contributed by atoms with Crippen molar-refractivity contribution in [2.24, 2.45) is 0 Å². The van der Waals surface area contributed by atoms with Crippen molar-refractivity contribution in [3.63, 3.8) is 0 Å². The van der Waals surface area contributed by atoms with Gasteiger partial charge in [-0.25, -0.2) is 4.79 Å². The van der Waals surface area contributed by atoms with Crippen LogP contribution in [0.15, 0.2) is 0 Å². The minimum absolute atomic E-state index is 0.383. The summed E-state index contributed by atoms with van der Waals surface area (Å²) in [4.78, 5) is 21.4. The predicted molar refractivity (Wildman–Crippen MR) is 41.3 cm³/mol. The number of carbonyl (C=O) groups excluding carboxylic acids is 2. The monoisotopic (exact) mass is 175 g/mol. The van der Waals surface area contributed by atoms with E-state index in [-0.39, 0.29) is 5.91 Å². The van der Waals surface area contributed by atoms with Crippen LogP contribution in [0.4, 0.5) is 0 Å². The molecule has 0 aliphatic carbocycles. The highest BCUT2D eigenvalue weighted by molar-refractivity contribution is 5.83. The normalized spacial score (nSPS) is 14.7. The van der Waals surface area contributed by atoms with E-state index in [0.717, 1.165) is 0 Å². The minimum atomic E-state index is -0.979. The van der Waals surface area contributed by atoms with Gasteiger partial charge in [-0.3, -0.25) is 4.79 Å². The first-order valence-corrected chi connectivity index (χ1v) is 3.52. The Labute approximate surface area is 70.7 Å². The van der Waals surface area contributed by atoms with Gasteiger partial charge in [-0.15, -0.1) is 0 Å². The van der Waals surface area contributed by atoms with E-state index in [2.05, 4.69) is 10.1 Å². The van der Waals surface area contributed by atoms with Gasteiger partial charge in [0, 0.05) is 6.92 Å². The highest BCUT2D eigenvalue weighted by Gasteiger charge is 2.24. The van der Waals surface area contributed by atoms with Gasteiger partial charge in [0.2, 0.25) is 5.91 Å². The molecule has 0 spiro atoms. The zero-order valence-corrected chi connectivity index (χ0v) is 7.33. The van der Waals surface area contributed by atoms with E-state index in [1.165, 1.54) is 21.0 Å². The molecule has 5 heteroatoms. The molecule has 0 bridgehead atoms. The zero-order valence-electron chi connectivity index (χ0n) is 7.33. The van der Waals surface area contributed by atoms with Crippen LogP contribution in [0.1, 0.15) is 13.8 Å². The Kier molecular flexibility index (Phi) is 4.28. The number of nitrogens with one attached hydrogen (secondary N) is 1. The van der Waals surface area contributed by atoms with E-state index in [0.29, 0.717) is 0 Å². The first-order chi connectivity index (χ1) is 5.49. The highest BCUT2D eigenvalue weighted by Crippen LogP contribution is 1.95. The maximum Gasteiger partial charge on any atom is 0.331 e. The van der Waals surface area contributed by atoms with Crippen LogP contribution < -0.4 is 5.32 Å². The molecule has 2 atom stereocenters. The molecular weight excluding hydrogens is 162 g/mol. The summed E-state index contributed by atoms with van der Waals surface area (Å²) in [5.74, 6) is -1.04. The van der Waals surface area contributed by atoms with Crippen molar-refractivity contribution >= 4 is 11.9 Å². The Morgan fingerprint density at radius 2 is 2.00 bits per heavy atom.